The summed E-state index contributed by atoms with van der Waals surface area (Å²) in [5, 5.41) is 7.07. The van der Waals surface area contributed by atoms with Gasteiger partial charge in [-0.1, -0.05) is 11.6 Å². The van der Waals surface area contributed by atoms with Gasteiger partial charge in [0.15, 0.2) is 5.78 Å². The van der Waals surface area contributed by atoms with Crippen LogP contribution in [0.2, 0.25) is 0 Å². The second kappa shape index (κ2) is 4.00. The zero-order valence-electron chi connectivity index (χ0n) is 6.97. The number of halogens is 1. The smallest absolute Gasteiger partial charge is 0.177 e. The molecule has 1 aromatic heterocycles. The van der Waals surface area contributed by atoms with Crippen LogP contribution < -0.4 is 0 Å². The van der Waals surface area contributed by atoms with Crippen molar-refractivity contribution in [3.63, 3.8) is 0 Å². The molecule has 1 aromatic rings. The molecule has 1 heterocycles. The van der Waals surface area contributed by atoms with Gasteiger partial charge in [0.05, 0.1) is 11.2 Å². The van der Waals surface area contributed by atoms with E-state index >= 15 is 0 Å². The van der Waals surface area contributed by atoms with E-state index in [-0.39, 0.29) is 10.8 Å². The third-order valence-corrected chi connectivity index (χ3v) is 1.61. The number of nitrogens with one attached hydrogen (secondary N) is 2. The van der Waals surface area contributed by atoms with Crippen LogP contribution in [0.4, 0.5) is 0 Å². The predicted octanol–water partition coefficient (Wildman–Crippen LogP) is 1.84. The van der Waals surface area contributed by atoms with E-state index in [1.807, 2.05) is 0 Å². The fourth-order valence-electron chi connectivity index (χ4n) is 0.761. The number of imidazole rings is 1. The summed E-state index contributed by atoms with van der Waals surface area (Å²) in [4.78, 5) is 17.5. The molecule has 0 atom stereocenters. The summed E-state index contributed by atoms with van der Waals surface area (Å²) in [6.07, 6.45) is 3.90. The topological polar surface area (TPSA) is 69.6 Å². The van der Waals surface area contributed by atoms with Crippen molar-refractivity contribution < 1.29 is 4.79 Å². The first-order valence-corrected chi connectivity index (χ1v) is 3.95. The van der Waals surface area contributed by atoms with Crippen LogP contribution in [0.3, 0.4) is 0 Å². The Morgan fingerprint density at radius 2 is 2.46 bits per heavy atom. The van der Waals surface area contributed by atoms with Crippen molar-refractivity contribution in [3.8, 4) is 0 Å². The van der Waals surface area contributed by atoms with E-state index in [4.69, 9.17) is 17.0 Å². The van der Waals surface area contributed by atoms with Gasteiger partial charge in [0.25, 0.3) is 0 Å². The third kappa shape index (κ3) is 2.52. The lowest BCUT2D eigenvalue weighted by Gasteiger charge is -1.86. The molecule has 0 bridgehead atoms. The molecule has 0 radical (unpaired) electrons. The number of Topliss-reactive ketones (excluding diaryl/α,β-unsaturated/α-hetero) is 1. The number of hydrogen-bond donors (Lipinski definition) is 2. The summed E-state index contributed by atoms with van der Waals surface area (Å²) in [5.74, 6) is 0.386. The van der Waals surface area contributed by atoms with E-state index in [1.54, 1.807) is 0 Å². The first-order valence-electron chi connectivity index (χ1n) is 3.57. The summed E-state index contributed by atoms with van der Waals surface area (Å²) in [7, 11) is 0. The molecule has 1 rings (SSSR count). The highest BCUT2D eigenvalue weighted by Crippen LogP contribution is 2.05. The van der Waals surface area contributed by atoms with E-state index in [2.05, 4.69) is 9.97 Å². The minimum Gasteiger partial charge on any atom is -0.336 e. The number of H-pyrrole nitrogens is 1. The van der Waals surface area contributed by atoms with Gasteiger partial charge in [-0.05, 0) is 0 Å². The maximum atomic E-state index is 10.8. The third-order valence-electron chi connectivity index (χ3n) is 1.39. The van der Waals surface area contributed by atoms with Crippen molar-refractivity contribution in [2.75, 3.05) is 0 Å². The number of aromatic amines is 1. The lowest BCUT2D eigenvalue weighted by atomic mass is 10.3. The zero-order chi connectivity index (χ0) is 9.84. The van der Waals surface area contributed by atoms with E-state index in [0.29, 0.717) is 11.5 Å². The van der Waals surface area contributed by atoms with Crippen molar-refractivity contribution in [3.05, 3.63) is 22.7 Å². The SMILES string of the molecule is CC(=O)c1cnc(/C=C(/Cl)C=N)[nH]1. The Balaban J connectivity index is 2.92. The number of nitrogens with zero attached hydrogens (tertiary/aromatic N) is 1. The molecule has 0 aliphatic heterocycles. The molecule has 5 heteroatoms. The van der Waals surface area contributed by atoms with Gasteiger partial charge in [-0.15, -0.1) is 0 Å². The average Bonchev–Trinajstić information content (AvgIpc) is 2.52. The fourth-order valence-corrected chi connectivity index (χ4v) is 0.865. The summed E-state index contributed by atoms with van der Waals surface area (Å²) in [5.41, 5.74) is 0.431. The molecule has 4 nitrogen and oxygen atoms in total. The summed E-state index contributed by atoms with van der Waals surface area (Å²) in [6.45, 7) is 1.44. The molecule has 0 saturated carbocycles. The fraction of sp³-hybridized carbons (Fsp3) is 0.125. The molecule has 0 spiro atoms. The van der Waals surface area contributed by atoms with E-state index in [9.17, 15) is 4.79 Å². The van der Waals surface area contributed by atoms with Crippen molar-refractivity contribution >= 4 is 29.7 Å². The van der Waals surface area contributed by atoms with Gasteiger partial charge in [-0.2, -0.15) is 0 Å². The van der Waals surface area contributed by atoms with Crippen molar-refractivity contribution in [2.45, 2.75) is 6.92 Å². The Labute approximate surface area is 80.1 Å². The van der Waals surface area contributed by atoms with Crippen LogP contribution >= 0.6 is 11.6 Å². The summed E-state index contributed by atoms with van der Waals surface area (Å²) < 4.78 is 0. The second-order valence-electron chi connectivity index (χ2n) is 2.41. The molecule has 0 fully saturated rings. The van der Waals surface area contributed by atoms with E-state index < -0.39 is 0 Å². The Kier molecular flexibility index (Phi) is 2.97. The van der Waals surface area contributed by atoms with Gasteiger partial charge in [0.1, 0.15) is 11.5 Å². The number of carbonyl (C=O) groups is 1. The number of hydrogen-bond acceptors (Lipinski definition) is 3. The van der Waals surface area contributed by atoms with E-state index in [1.165, 1.54) is 19.2 Å². The number of carbonyl (C=O) groups excluding carboxylic acids is 1. The normalized spacial score (nSPS) is 11.4. The van der Waals surface area contributed by atoms with Gasteiger partial charge in [0.2, 0.25) is 0 Å². The first kappa shape index (κ1) is 9.67. The molecule has 0 aliphatic carbocycles. The molecule has 0 saturated heterocycles. The first-order chi connectivity index (χ1) is 6.13. The van der Waals surface area contributed by atoms with Crippen LogP contribution in [0.25, 0.3) is 6.08 Å². The van der Waals surface area contributed by atoms with Gasteiger partial charge < -0.3 is 10.4 Å². The predicted molar refractivity (Wildman–Crippen MR) is 51.2 cm³/mol. The number of allylic oxidation sites excluding steroid dienone is 1. The Morgan fingerprint density at radius 3 is 2.92 bits per heavy atom. The molecule has 2 N–H and O–H groups in total. The average molecular weight is 198 g/mol. The minimum atomic E-state index is -0.0851. The lowest BCUT2D eigenvalue weighted by molar-refractivity contribution is 0.101. The summed E-state index contributed by atoms with van der Waals surface area (Å²) in [6, 6.07) is 0. The maximum Gasteiger partial charge on any atom is 0.177 e. The highest BCUT2D eigenvalue weighted by atomic mass is 35.5. The summed E-state index contributed by atoms with van der Waals surface area (Å²) >= 11 is 5.56. The van der Waals surface area contributed by atoms with Gasteiger partial charge in [-0.25, -0.2) is 4.98 Å². The van der Waals surface area contributed by atoms with Gasteiger partial charge in [-0.3, -0.25) is 4.79 Å². The second-order valence-corrected chi connectivity index (χ2v) is 2.85. The van der Waals surface area contributed by atoms with Crippen LogP contribution in [0.1, 0.15) is 23.2 Å². The molecular formula is C8H8ClN3O. The minimum absolute atomic E-state index is 0.0851. The van der Waals surface area contributed by atoms with Crippen molar-refractivity contribution in [2.24, 2.45) is 0 Å². The molecule has 0 unspecified atom stereocenters. The molecule has 13 heavy (non-hydrogen) atoms. The van der Waals surface area contributed by atoms with Crippen molar-refractivity contribution in [1.82, 2.24) is 9.97 Å². The highest BCUT2D eigenvalue weighted by Gasteiger charge is 2.02. The Morgan fingerprint density at radius 1 is 1.77 bits per heavy atom. The number of aromatic nitrogens is 2. The van der Waals surface area contributed by atoms with E-state index in [0.717, 1.165) is 6.21 Å². The Hall–Kier alpha value is -1.42. The monoisotopic (exact) mass is 197 g/mol. The zero-order valence-corrected chi connectivity index (χ0v) is 7.72. The number of rotatable bonds is 3. The highest BCUT2D eigenvalue weighted by molar-refractivity contribution is 6.40. The molecule has 0 aliphatic rings. The van der Waals surface area contributed by atoms with Crippen LogP contribution in [0.5, 0.6) is 0 Å². The lowest BCUT2D eigenvalue weighted by Crippen LogP contribution is -1.90. The van der Waals surface area contributed by atoms with Crippen LogP contribution in [0, 0.1) is 5.41 Å². The van der Waals surface area contributed by atoms with Gasteiger partial charge >= 0.3 is 0 Å². The molecule has 68 valence electrons. The van der Waals surface area contributed by atoms with Crippen LogP contribution in [-0.4, -0.2) is 22.0 Å². The van der Waals surface area contributed by atoms with Crippen LogP contribution in [-0.2, 0) is 0 Å². The molecular weight excluding hydrogens is 190 g/mol. The van der Waals surface area contributed by atoms with Gasteiger partial charge in [0, 0.05) is 19.2 Å². The Bertz CT molecular complexity index is 367. The molecule has 0 aromatic carbocycles. The molecule has 0 amide bonds. The standard InChI is InChI=1S/C8H8ClN3O/c1-5(13)7-4-11-8(12-7)2-6(9)3-10/h2-4,10H,1H3,(H,11,12)/b6-2+,10-3?. The maximum absolute atomic E-state index is 10.8. The largest absolute Gasteiger partial charge is 0.336 e. The van der Waals surface area contributed by atoms with Crippen molar-refractivity contribution in [1.29, 1.82) is 5.41 Å². The van der Waals surface area contributed by atoms with Crippen LogP contribution in [0.15, 0.2) is 11.2 Å². The quantitative estimate of drug-likeness (QED) is 0.574. The number of ketones is 1.